The molecule has 0 amide bonds. The Morgan fingerprint density at radius 3 is 2.83 bits per heavy atom. The van der Waals surface area contributed by atoms with Gasteiger partial charge < -0.3 is 14.6 Å². The normalized spacial score (nSPS) is 10.7. The molecule has 0 atom stereocenters. The second-order valence-electron chi connectivity index (χ2n) is 3.99. The SMILES string of the molecule is CNCc1ncc(-c2ccc(OC)cc2Cl)n1C. The molecule has 1 aromatic carbocycles. The molecule has 96 valence electrons. The molecule has 1 aromatic heterocycles. The van der Waals surface area contributed by atoms with Crippen molar-refractivity contribution < 1.29 is 4.74 Å². The van der Waals surface area contributed by atoms with Crippen molar-refractivity contribution in [3.8, 4) is 17.0 Å². The van der Waals surface area contributed by atoms with Crippen LogP contribution in [-0.2, 0) is 13.6 Å². The van der Waals surface area contributed by atoms with Crippen LogP contribution in [0.2, 0.25) is 5.02 Å². The lowest BCUT2D eigenvalue weighted by atomic mass is 10.1. The predicted octanol–water partition coefficient (Wildman–Crippen LogP) is 2.47. The van der Waals surface area contributed by atoms with E-state index >= 15 is 0 Å². The molecule has 0 saturated carbocycles. The van der Waals surface area contributed by atoms with Crippen LogP contribution in [0, 0.1) is 0 Å². The Hall–Kier alpha value is -1.52. The highest BCUT2D eigenvalue weighted by Gasteiger charge is 2.11. The first-order valence-corrected chi connectivity index (χ1v) is 6.04. The topological polar surface area (TPSA) is 39.1 Å². The van der Waals surface area contributed by atoms with Gasteiger partial charge in [-0.2, -0.15) is 0 Å². The summed E-state index contributed by atoms with van der Waals surface area (Å²) in [6.07, 6.45) is 1.83. The van der Waals surface area contributed by atoms with Crippen molar-refractivity contribution in [2.75, 3.05) is 14.2 Å². The Kier molecular flexibility index (Phi) is 3.89. The fourth-order valence-electron chi connectivity index (χ4n) is 1.85. The van der Waals surface area contributed by atoms with E-state index in [0.717, 1.165) is 29.4 Å². The first-order chi connectivity index (χ1) is 8.67. The Bertz CT molecular complexity index is 551. The predicted molar refractivity (Wildman–Crippen MR) is 73.0 cm³/mol. The van der Waals surface area contributed by atoms with Gasteiger partial charge in [-0.15, -0.1) is 0 Å². The number of halogens is 1. The van der Waals surface area contributed by atoms with Gasteiger partial charge >= 0.3 is 0 Å². The van der Waals surface area contributed by atoms with Gasteiger partial charge in [0.25, 0.3) is 0 Å². The number of methoxy groups -OCH3 is 1. The summed E-state index contributed by atoms with van der Waals surface area (Å²) in [4.78, 5) is 4.38. The molecule has 0 aliphatic carbocycles. The zero-order valence-electron chi connectivity index (χ0n) is 10.7. The van der Waals surface area contributed by atoms with E-state index in [1.54, 1.807) is 7.11 Å². The average Bonchev–Trinajstić information content (AvgIpc) is 2.72. The molecular weight excluding hydrogens is 250 g/mol. The summed E-state index contributed by atoms with van der Waals surface area (Å²) >= 11 is 6.26. The van der Waals surface area contributed by atoms with Gasteiger partial charge in [0.2, 0.25) is 0 Å². The minimum atomic E-state index is 0.661. The third-order valence-corrected chi connectivity index (χ3v) is 3.18. The summed E-state index contributed by atoms with van der Waals surface area (Å²) in [5, 5.41) is 3.75. The first kappa shape index (κ1) is 12.9. The molecule has 0 radical (unpaired) electrons. The number of hydrogen-bond acceptors (Lipinski definition) is 3. The molecule has 0 aliphatic rings. The van der Waals surface area contributed by atoms with Gasteiger partial charge in [0.05, 0.1) is 30.6 Å². The Morgan fingerprint density at radius 2 is 2.22 bits per heavy atom. The minimum absolute atomic E-state index is 0.661. The van der Waals surface area contributed by atoms with Gasteiger partial charge in [0.1, 0.15) is 11.6 Å². The molecule has 0 fully saturated rings. The molecule has 18 heavy (non-hydrogen) atoms. The van der Waals surface area contributed by atoms with E-state index in [4.69, 9.17) is 16.3 Å². The van der Waals surface area contributed by atoms with Crippen molar-refractivity contribution >= 4 is 11.6 Å². The van der Waals surface area contributed by atoms with Crippen LogP contribution in [-0.4, -0.2) is 23.7 Å². The molecule has 0 unspecified atom stereocenters. The second-order valence-corrected chi connectivity index (χ2v) is 4.40. The number of ether oxygens (including phenoxy) is 1. The lowest BCUT2D eigenvalue weighted by Crippen LogP contribution is -2.10. The number of rotatable bonds is 4. The van der Waals surface area contributed by atoms with Crippen molar-refractivity contribution in [2.24, 2.45) is 7.05 Å². The summed E-state index contributed by atoms with van der Waals surface area (Å²) in [6.45, 7) is 0.726. The third kappa shape index (κ3) is 2.35. The van der Waals surface area contributed by atoms with Crippen molar-refractivity contribution in [3.05, 3.63) is 35.2 Å². The van der Waals surface area contributed by atoms with Crippen LogP contribution in [0.1, 0.15) is 5.82 Å². The number of hydrogen-bond donors (Lipinski definition) is 1. The zero-order chi connectivity index (χ0) is 13.1. The van der Waals surface area contributed by atoms with Crippen LogP contribution in [0.3, 0.4) is 0 Å². The lowest BCUT2D eigenvalue weighted by molar-refractivity contribution is 0.415. The van der Waals surface area contributed by atoms with E-state index in [0.29, 0.717) is 5.02 Å². The number of benzene rings is 1. The van der Waals surface area contributed by atoms with E-state index < -0.39 is 0 Å². The molecule has 1 N–H and O–H groups in total. The lowest BCUT2D eigenvalue weighted by Gasteiger charge is -2.08. The highest BCUT2D eigenvalue weighted by molar-refractivity contribution is 6.33. The van der Waals surface area contributed by atoms with Crippen LogP contribution in [0.5, 0.6) is 5.75 Å². The minimum Gasteiger partial charge on any atom is -0.497 e. The monoisotopic (exact) mass is 265 g/mol. The van der Waals surface area contributed by atoms with E-state index in [1.165, 1.54) is 0 Å². The molecule has 0 bridgehead atoms. The maximum Gasteiger partial charge on any atom is 0.122 e. The molecule has 1 heterocycles. The number of nitrogens with zero attached hydrogens (tertiary/aromatic N) is 2. The van der Waals surface area contributed by atoms with Gasteiger partial charge in [-0.1, -0.05) is 11.6 Å². The Balaban J connectivity index is 2.42. The van der Waals surface area contributed by atoms with Gasteiger partial charge in [-0.3, -0.25) is 0 Å². The first-order valence-electron chi connectivity index (χ1n) is 5.66. The Morgan fingerprint density at radius 1 is 1.44 bits per heavy atom. The van der Waals surface area contributed by atoms with Crippen LogP contribution >= 0.6 is 11.6 Å². The second kappa shape index (κ2) is 5.42. The molecule has 2 aromatic rings. The van der Waals surface area contributed by atoms with Crippen LogP contribution in [0.15, 0.2) is 24.4 Å². The molecule has 5 heteroatoms. The maximum atomic E-state index is 6.26. The van der Waals surface area contributed by atoms with Crippen molar-refractivity contribution in [2.45, 2.75) is 6.54 Å². The largest absolute Gasteiger partial charge is 0.497 e. The van der Waals surface area contributed by atoms with E-state index in [-0.39, 0.29) is 0 Å². The molecule has 4 nitrogen and oxygen atoms in total. The van der Waals surface area contributed by atoms with Gasteiger partial charge in [-0.05, 0) is 25.2 Å². The van der Waals surface area contributed by atoms with Crippen molar-refractivity contribution in [1.82, 2.24) is 14.9 Å². The molecule has 0 spiro atoms. The summed E-state index contributed by atoms with van der Waals surface area (Å²) in [5.41, 5.74) is 1.95. The smallest absolute Gasteiger partial charge is 0.122 e. The standard InChI is InChI=1S/C13H16ClN3O/c1-15-8-13-16-7-12(17(13)2)10-5-4-9(18-3)6-11(10)14/h4-7,15H,8H2,1-3H3. The summed E-state index contributed by atoms with van der Waals surface area (Å²) in [7, 11) is 5.50. The fraction of sp³-hybridized carbons (Fsp3) is 0.308. The number of imidazole rings is 1. The van der Waals surface area contributed by atoms with E-state index in [1.807, 2.05) is 43.1 Å². The molecular formula is C13H16ClN3O. The summed E-state index contributed by atoms with van der Waals surface area (Å²) < 4.78 is 7.17. The van der Waals surface area contributed by atoms with Crippen molar-refractivity contribution in [1.29, 1.82) is 0 Å². The fourth-order valence-corrected chi connectivity index (χ4v) is 2.12. The Labute approximate surface area is 112 Å². The van der Waals surface area contributed by atoms with E-state index in [9.17, 15) is 0 Å². The zero-order valence-corrected chi connectivity index (χ0v) is 11.5. The molecule has 2 rings (SSSR count). The van der Waals surface area contributed by atoms with Gasteiger partial charge in [-0.25, -0.2) is 4.98 Å². The molecule has 0 saturated heterocycles. The number of aromatic nitrogens is 2. The summed E-state index contributed by atoms with van der Waals surface area (Å²) in [6, 6.07) is 5.65. The molecule has 0 aliphatic heterocycles. The highest BCUT2D eigenvalue weighted by atomic mass is 35.5. The van der Waals surface area contributed by atoms with E-state index in [2.05, 4.69) is 10.3 Å². The van der Waals surface area contributed by atoms with Crippen LogP contribution in [0.25, 0.3) is 11.3 Å². The number of nitrogens with one attached hydrogen (secondary N) is 1. The quantitative estimate of drug-likeness (QED) is 0.923. The highest BCUT2D eigenvalue weighted by Crippen LogP contribution is 2.31. The van der Waals surface area contributed by atoms with Crippen LogP contribution in [0.4, 0.5) is 0 Å². The summed E-state index contributed by atoms with van der Waals surface area (Å²) in [5.74, 6) is 1.72. The third-order valence-electron chi connectivity index (χ3n) is 2.87. The maximum absolute atomic E-state index is 6.26. The average molecular weight is 266 g/mol. The van der Waals surface area contributed by atoms with Gasteiger partial charge in [0, 0.05) is 12.6 Å². The van der Waals surface area contributed by atoms with Crippen molar-refractivity contribution in [3.63, 3.8) is 0 Å². The van der Waals surface area contributed by atoms with Gasteiger partial charge in [0.15, 0.2) is 0 Å². The van der Waals surface area contributed by atoms with Crippen LogP contribution < -0.4 is 10.1 Å².